The van der Waals surface area contributed by atoms with Gasteiger partial charge >= 0.3 is 0 Å². The molecule has 1 unspecified atom stereocenters. The average molecular weight is 190 g/mol. The summed E-state index contributed by atoms with van der Waals surface area (Å²) in [4.78, 5) is 13.4. The summed E-state index contributed by atoms with van der Waals surface area (Å²) < 4.78 is 0. The number of rotatable bonds is 1. The van der Waals surface area contributed by atoms with Gasteiger partial charge < -0.3 is 4.90 Å². The molecule has 1 fully saturated rings. The first-order valence-corrected chi connectivity index (χ1v) is 4.53. The van der Waals surface area contributed by atoms with Crippen LogP contribution in [-0.4, -0.2) is 33.6 Å². The highest BCUT2D eigenvalue weighted by atomic mass is 16.2. The Morgan fingerprint density at radius 3 is 3.29 bits per heavy atom. The molecule has 0 saturated carbocycles. The number of nitriles is 1. The molecule has 1 aromatic heterocycles. The van der Waals surface area contributed by atoms with E-state index in [9.17, 15) is 4.79 Å². The van der Waals surface area contributed by atoms with Gasteiger partial charge in [0.15, 0.2) is 0 Å². The third-order valence-electron chi connectivity index (χ3n) is 2.39. The summed E-state index contributed by atoms with van der Waals surface area (Å²) in [6.45, 7) is 0.663. The van der Waals surface area contributed by atoms with Crippen LogP contribution >= 0.6 is 0 Å². The van der Waals surface area contributed by atoms with E-state index in [0.717, 1.165) is 12.8 Å². The molecule has 1 N–H and O–H groups in total. The number of carbonyl (C=O) groups excluding carboxylic acids is 1. The highest BCUT2D eigenvalue weighted by molar-refractivity contribution is 5.92. The normalized spacial score (nSPS) is 20.8. The molecule has 14 heavy (non-hydrogen) atoms. The second kappa shape index (κ2) is 3.50. The van der Waals surface area contributed by atoms with Crippen LogP contribution in [0.1, 0.15) is 23.3 Å². The van der Waals surface area contributed by atoms with E-state index in [1.165, 1.54) is 6.20 Å². The molecule has 1 aliphatic rings. The number of hydrogen-bond donors (Lipinski definition) is 1. The van der Waals surface area contributed by atoms with Crippen molar-refractivity contribution in [3.05, 3.63) is 18.0 Å². The Morgan fingerprint density at radius 1 is 1.79 bits per heavy atom. The fraction of sp³-hybridized carbons (Fsp3) is 0.444. The van der Waals surface area contributed by atoms with Gasteiger partial charge in [-0.1, -0.05) is 0 Å². The quantitative estimate of drug-likeness (QED) is 0.702. The van der Waals surface area contributed by atoms with E-state index in [1.54, 1.807) is 11.0 Å². The van der Waals surface area contributed by atoms with E-state index < -0.39 is 0 Å². The number of aromatic amines is 1. The predicted octanol–water partition coefficient (Wildman–Crippen LogP) is 0.538. The molecular formula is C9H10N4O. The molecule has 1 amide bonds. The summed E-state index contributed by atoms with van der Waals surface area (Å²) in [6, 6.07) is 3.48. The molecule has 0 spiro atoms. The monoisotopic (exact) mass is 190 g/mol. The molecule has 5 nitrogen and oxygen atoms in total. The van der Waals surface area contributed by atoms with Gasteiger partial charge in [0, 0.05) is 12.7 Å². The van der Waals surface area contributed by atoms with Crippen molar-refractivity contribution in [1.29, 1.82) is 5.26 Å². The van der Waals surface area contributed by atoms with Gasteiger partial charge in [0.1, 0.15) is 11.7 Å². The maximum absolute atomic E-state index is 11.8. The Hall–Kier alpha value is -1.83. The van der Waals surface area contributed by atoms with Crippen molar-refractivity contribution in [2.75, 3.05) is 6.54 Å². The highest BCUT2D eigenvalue weighted by Gasteiger charge is 2.29. The van der Waals surface area contributed by atoms with Gasteiger partial charge in [-0.15, -0.1) is 0 Å². The molecule has 1 atom stereocenters. The zero-order valence-electron chi connectivity index (χ0n) is 7.60. The van der Waals surface area contributed by atoms with Crippen molar-refractivity contribution in [3.8, 4) is 6.07 Å². The predicted molar refractivity (Wildman–Crippen MR) is 48.3 cm³/mol. The molecule has 2 heterocycles. The molecule has 72 valence electrons. The lowest BCUT2D eigenvalue weighted by atomic mass is 10.2. The molecule has 1 saturated heterocycles. The molecule has 0 bridgehead atoms. The fourth-order valence-corrected chi connectivity index (χ4v) is 1.67. The number of hydrogen-bond acceptors (Lipinski definition) is 3. The largest absolute Gasteiger partial charge is 0.321 e. The van der Waals surface area contributed by atoms with Crippen LogP contribution in [0.4, 0.5) is 0 Å². The van der Waals surface area contributed by atoms with Gasteiger partial charge in [0.05, 0.1) is 6.07 Å². The van der Waals surface area contributed by atoms with Gasteiger partial charge in [-0.2, -0.15) is 10.4 Å². The summed E-state index contributed by atoms with van der Waals surface area (Å²) in [5, 5.41) is 15.1. The van der Waals surface area contributed by atoms with E-state index in [4.69, 9.17) is 5.26 Å². The maximum Gasteiger partial charge on any atom is 0.272 e. The van der Waals surface area contributed by atoms with Gasteiger partial charge in [0.2, 0.25) is 0 Å². The van der Waals surface area contributed by atoms with Crippen molar-refractivity contribution >= 4 is 5.91 Å². The summed E-state index contributed by atoms with van der Waals surface area (Å²) in [7, 11) is 0. The van der Waals surface area contributed by atoms with Crippen LogP contribution in [0.2, 0.25) is 0 Å². The minimum atomic E-state index is -0.272. The van der Waals surface area contributed by atoms with Gasteiger partial charge in [-0.25, -0.2) is 0 Å². The summed E-state index contributed by atoms with van der Waals surface area (Å²) >= 11 is 0. The molecular weight excluding hydrogens is 180 g/mol. The van der Waals surface area contributed by atoms with Crippen LogP contribution in [0.5, 0.6) is 0 Å². The number of aromatic nitrogens is 2. The lowest BCUT2D eigenvalue weighted by Gasteiger charge is -2.17. The highest BCUT2D eigenvalue weighted by Crippen LogP contribution is 2.18. The molecule has 0 aromatic carbocycles. The topological polar surface area (TPSA) is 72.8 Å². The number of carbonyl (C=O) groups is 1. The fourth-order valence-electron chi connectivity index (χ4n) is 1.67. The van der Waals surface area contributed by atoms with Crippen LogP contribution in [0.25, 0.3) is 0 Å². The van der Waals surface area contributed by atoms with Gasteiger partial charge in [-0.05, 0) is 18.9 Å². The molecule has 0 radical (unpaired) electrons. The van der Waals surface area contributed by atoms with Crippen molar-refractivity contribution in [2.45, 2.75) is 18.9 Å². The van der Waals surface area contributed by atoms with Crippen LogP contribution < -0.4 is 0 Å². The molecule has 0 aliphatic carbocycles. The van der Waals surface area contributed by atoms with Crippen molar-refractivity contribution in [1.82, 2.24) is 15.1 Å². The van der Waals surface area contributed by atoms with Crippen molar-refractivity contribution < 1.29 is 4.79 Å². The standard InChI is InChI=1S/C9H10N4O/c10-6-7-2-1-5-13(7)9(14)8-3-4-11-12-8/h3-4,7H,1-2,5H2,(H,11,12). The average Bonchev–Trinajstić information content (AvgIpc) is 2.87. The van der Waals surface area contributed by atoms with Crippen LogP contribution in [0.3, 0.4) is 0 Å². The van der Waals surface area contributed by atoms with Crippen molar-refractivity contribution in [3.63, 3.8) is 0 Å². The number of likely N-dealkylation sites (tertiary alicyclic amines) is 1. The molecule has 1 aliphatic heterocycles. The minimum absolute atomic E-state index is 0.133. The first kappa shape index (κ1) is 8.75. The zero-order chi connectivity index (χ0) is 9.97. The number of amides is 1. The van der Waals surface area contributed by atoms with E-state index >= 15 is 0 Å². The molecule has 5 heteroatoms. The van der Waals surface area contributed by atoms with E-state index in [-0.39, 0.29) is 11.9 Å². The summed E-state index contributed by atoms with van der Waals surface area (Å²) in [5.41, 5.74) is 0.451. The van der Waals surface area contributed by atoms with Crippen LogP contribution in [-0.2, 0) is 0 Å². The molecule has 2 rings (SSSR count). The van der Waals surface area contributed by atoms with Gasteiger partial charge in [0.25, 0.3) is 5.91 Å². The Kier molecular flexibility index (Phi) is 2.19. The lowest BCUT2D eigenvalue weighted by molar-refractivity contribution is 0.0759. The Morgan fingerprint density at radius 2 is 2.64 bits per heavy atom. The van der Waals surface area contributed by atoms with E-state index in [1.807, 2.05) is 0 Å². The first-order chi connectivity index (χ1) is 6.83. The number of H-pyrrole nitrogens is 1. The zero-order valence-corrected chi connectivity index (χ0v) is 7.60. The smallest absolute Gasteiger partial charge is 0.272 e. The minimum Gasteiger partial charge on any atom is -0.321 e. The summed E-state index contributed by atoms with van der Waals surface area (Å²) in [5.74, 6) is -0.133. The van der Waals surface area contributed by atoms with Crippen LogP contribution in [0.15, 0.2) is 12.3 Å². The lowest BCUT2D eigenvalue weighted by Crippen LogP contribution is -2.34. The SMILES string of the molecule is N#CC1CCCN1C(=O)c1ccn[nH]1. The number of nitrogens with zero attached hydrogens (tertiary/aromatic N) is 3. The second-order valence-corrected chi connectivity index (χ2v) is 3.26. The Labute approximate surface area is 81.3 Å². The van der Waals surface area contributed by atoms with E-state index in [2.05, 4.69) is 16.3 Å². The van der Waals surface area contributed by atoms with Crippen molar-refractivity contribution in [2.24, 2.45) is 0 Å². The number of nitrogens with one attached hydrogen (secondary N) is 1. The maximum atomic E-state index is 11.8. The second-order valence-electron chi connectivity index (χ2n) is 3.26. The van der Waals surface area contributed by atoms with Gasteiger partial charge in [-0.3, -0.25) is 9.89 Å². The summed E-state index contributed by atoms with van der Waals surface area (Å²) in [6.07, 6.45) is 3.21. The Balaban J connectivity index is 2.16. The van der Waals surface area contributed by atoms with Crippen LogP contribution in [0, 0.1) is 11.3 Å². The first-order valence-electron chi connectivity index (χ1n) is 4.53. The van der Waals surface area contributed by atoms with E-state index in [0.29, 0.717) is 12.2 Å². The Bertz CT molecular complexity index is 365. The third-order valence-corrected chi connectivity index (χ3v) is 2.39. The molecule has 1 aromatic rings. The third kappa shape index (κ3) is 1.35.